The molecule has 88 valence electrons. The molecule has 0 aliphatic rings. The van der Waals surface area contributed by atoms with Crippen LogP contribution in [0.2, 0.25) is 0 Å². The largest absolute Gasteiger partial charge is 0.384 e. The van der Waals surface area contributed by atoms with Crippen LogP contribution in [0.15, 0.2) is 24.3 Å². The van der Waals surface area contributed by atoms with Gasteiger partial charge in [0.1, 0.15) is 6.10 Å². The number of nitrogens with zero attached hydrogens (tertiary/aromatic N) is 1. The van der Waals surface area contributed by atoms with E-state index < -0.39 is 6.10 Å². The van der Waals surface area contributed by atoms with E-state index in [0.29, 0.717) is 12.1 Å². The first kappa shape index (κ1) is 13.4. The van der Waals surface area contributed by atoms with Gasteiger partial charge < -0.3 is 10.0 Å². The summed E-state index contributed by atoms with van der Waals surface area (Å²) in [5, 5.41) is 10.4. The van der Waals surface area contributed by atoms with Crippen molar-refractivity contribution in [2.24, 2.45) is 0 Å². The Balaban J connectivity index is 2.72. The second-order valence-electron chi connectivity index (χ2n) is 3.97. The number of carbonyl (C=O) groups is 1. The monoisotopic (exact) mass is 285 g/mol. The van der Waals surface area contributed by atoms with Gasteiger partial charge in [-0.05, 0) is 19.7 Å². The standard InChI is InChI=1S/C12H16BrNO2/c1-14(2)8-11(15)12(16)10-5-3-9(7-13)4-6-10/h3-6,11,15H,7-8H2,1-2H3. The lowest BCUT2D eigenvalue weighted by Gasteiger charge is -2.14. The van der Waals surface area contributed by atoms with Crippen molar-refractivity contribution in [3.8, 4) is 0 Å². The van der Waals surface area contributed by atoms with E-state index in [2.05, 4.69) is 15.9 Å². The van der Waals surface area contributed by atoms with Gasteiger partial charge in [-0.15, -0.1) is 0 Å². The molecule has 1 rings (SSSR count). The number of ketones is 1. The summed E-state index contributed by atoms with van der Waals surface area (Å²) in [6.45, 7) is 0.346. The predicted molar refractivity (Wildman–Crippen MR) is 68.0 cm³/mol. The molecule has 1 aromatic carbocycles. The molecule has 0 amide bonds. The van der Waals surface area contributed by atoms with Crippen LogP contribution in [-0.4, -0.2) is 42.5 Å². The summed E-state index contributed by atoms with van der Waals surface area (Å²) in [6, 6.07) is 7.25. The van der Waals surface area contributed by atoms with Gasteiger partial charge >= 0.3 is 0 Å². The number of hydrogen-bond donors (Lipinski definition) is 1. The van der Waals surface area contributed by atoms with E-state index in [9.17, 15) is 9.90 Å². The van der Waals surface area contributed by atoms with Crippen LogP contribution in [0, 0.1) is 0 Å². The fraction of sp³-hybridized carbons (Fsp3) is 0.417. The van der Waals surface area contributed by atoms with Crippen LogP contribution in [0.1, 0.15) is 15.9 Å². The number of Topliss-reactive ketones (excluding diaryl/α,β-unsaturated/α-hetero) is 1. The Morgan fingerprint density at radius 3 is 2.38 bits per heavy atom. The van der Waals surface area contributed by atoms with Crippen molar-refractivity contribution in [3.05, 3.63) is 35.4 Å². The van der Waals surface area contributed by atoms with Crippen molar-refractivity contribution in [1.82, 2.24) is 4.90 Å². The maximum Gasteiger partial charge on any atom is 0.192 e. The third kappa shape index (κ3) is 3.70. The highest BCUT2D eigenvalue weighted by molar-refractivity contribution is 9.08. The molecule has 16 heavy (non-hydrogen) atoms. The fourth-order valence-corrected chi connectivity index (χ4v) is 1.75. The number of aliphatic hydroxyl groups is 1. The molecule has 1 N–H and O–H groups in total. The molecular weight excluding hydrogens is 270 g/mol. The first-order valence-electron chi connectivity index (χ1n) is 5.06. The third-order valence-corrected chi connectivity index (χ3v) is 2.88. The highest BCUT2D eigenvalue weighted by atomic mass is 79.9. The minimum Gasteiger partial charge on any atom is -0.384 e. The Bertz CT molecular complexity index is 349. The van der Waals surface area contributed by atoms with Gasteiger partial charge in [0, 0.05) is 17.4 Å². The van der Waals surface area contributed by atoms with E-state index in [0.717, 1.165) is 10.9 Å². The smallest absolute Gasteiger partial charge is 0.192 e. The van der Waals surface area contributed by atoms with Gasteiger partial charge in [-0.3, -0.25) is 4.79 Å². The SMILES string of the molecule is CN(C)CC(O)C(=O)c1ccc(CBr)cc1. The van der Waals surface area contributed by atoms with E-state index in [1.165, 1.54) is 0 Å². The van der Waals surface area contributed by atoms with E-state index in [1.807, 2.05) is 26.2 Å². The molecule has 0 aliphatic carbocycles. The lowest BCUT2D eigenvalue weighted by atomic mass is 10.0. The molecule has 3 nitrogen and oxygen atoms in total. The molecule has 1 atom stereocenters. The van der Waals surface area contributed by atoms with Crippen LogP contribution < -0.4 is 0 Å². The summed E-state index contributed by atoms with van der Waals surface area (Å²) >= 11 is 3.34. The summed E-state index contributed by atoms with van der Waals surface area (Å²) in [5.41, 5.74) is 1.66. The van der Waals surface area contributed by atoms with Gasteiger partial charge in [0.2, 0.25) is 0 Å². The molecule has 1 aromatic rings. The maximum atomic E-state index is 11.8. The molecule has 4 heteroatoms. The highest BCUT2D eigenvalue weighted by Gasteiger charge is 2.17. The molecule has 0 aliphatic heterocycles. The van der Waals surface area contributed by atoms with Gasteiger partial charge in [0.15, 0.2) is 5.78 Å². The van der Waals surface area contributed by atoms with Crippen LogP contribution in [-0.2, 0) is 5.33 Å². The highest BCUT2D eigenvalue weighted by Crippen LogP contribution is 2.10. The number of rotatable bonds is 5. The Labute approximate surface area is 104 Å². The van der Waals surface area contributed by atoms with Crippen LogP contribution >= 0.6 is 15.9 Å². The second kappa shape index (κ2) is 6.13. The number of hydrogen-bond acceptors (Lipinski definition) is 3. The van der Waals surface area contributed by atoms with Crippen LogP contribution in [0.3, 0.4) is 0 Å². The summed E-state index contributed by atoms with van der Waals surface area (Å²) in [4.78, 5) is 13.6. The molecule has 0 aromatic heterocycles. The van der Waals surface area contributed by atoms with Crippen molar-refractivity contribution < 1.29 is 9.90 Å². The molecule has 0 saturated heterocycles. The van der Waals surface area contributed by atoms with Crippen molar-refractivity contribution in [3.63, 3.8) is 0 Å². The predicted octanol–water partition coefficient (Wildman–Crippen LogP) is 1.69. The number of likely N-dealkylation sites (N-methyl/N-ethyl adjacent to an activating group) is 1. The van der Waals surface area contributed by atoms with E-state index >= 15 is 0 Å². The number of halogens is 1. The molecule has 0 saturated carbocycles. The van der Waals surface area contributed by atoms with Gasteiger partial charge in [0.25, 0.3) is 0 Å². The van der Waals surface area contributed by atoms with Crippen LogP contribution in [0.5, 0.6) is 0 Å². The maximum absolute atomic E-state index is 11.8. The Morgan fingerprint density at radius 2 is 1.94 bits per heavy atom. The van der Waals surface area contributed by atoms with Gasteiger partial charge in [-0.25, -0.2) is 0 Å². The van der Waals surface area contributed by atoms with Crippen LogP contribution in [0.4, 0.5) is 0 Å². The topological polar surface area (TPSA) is 40.5 Å². The normalized spacial score (nSPS) is 12.8. The second-order valence-corrected chi connectivity index (χ2v) is 4.53. The Morgan fingerprint density at radius 1 is 1.38 bits per heavy atom. The molecule has 0 radical (unpaired) electrons. The minimum absolute atomic E-state index is 0.227. The molecule has 0 bridgehead atoms. The van der Waals surface area contributed by atoms with Crippen LogP contribution in [0.25, 0.3) is 0 Å². The number of alkyl halides is 1. The Hall–Kier alpha value is -0.710. The third-order valence-electron chi connectivity index (χ3n) is 2.23. The van der Waals surface area contributed by atoms with Gasteiger partial charge in [0.05, 0.1) is 0 Å². The average molecular weight is 286 g/mol. The van der Waals surface area contributed by atoms with Crippen molar-refractivity contribution in [1.29, 1.82) is 0 Å². The zero-order valence-electron chi connectivity index (χ0n) is 9.48. The lowest BCUT2D eigenvalue weighted by molar-refractivity contribution is 0.0689. The zero-order valence-corrected chi connectivity index (χ0v) is 11.1. The average Bonchev–Trinajstić information content (AvgIpc) is 2.27. The van der Waals surface area contributed by atoms with Crippen molar-refractivity contribution >= 4 is 21.7 Å². The molecule has 0 heterocycles. The first-order chi connectivity index (χ1) is 7.54. The minimum atomic E-state index is -0.954. The van der Waals surface area contributed by atoms with E-state index in [4.69, 9.17) is 0 Å². The number of carbonyl (C=O) groups excluding carboxylic acids is 1. The first-order valence-corrected chi connectivity index (χ1v) is 6.18. The summed E-state index contributed by atoms with van der Waals surface area (Å²) in [7, 11) is 3.65. The number of aliphatic hydroxyl groups excluding tert-OH is 1. The fourth-order valence-electron chi connectivity index (χ4n) is 1.38. The Kier molecular flexibility index (Phi) is 5.12. The molecule has 1 unspecified atom stereocenters. The van der Waals surface area contributed by atoms with E-state index in [-0.39, 0.29) is 5.78 Å². The molecule has 0 spiro atoms. The lowest BCUT2D eigenvalue weighted by Crippen LogP contribution is -2.32. The van der Waals surface area contributed by atoms with E-state index in [1.54, 1.807) is 17.0 Å². The quantitative estimate of drug-likeness (QED) is 0.661. The van der Waals surface area contributed by atoms with Crippen molar-refractivity contribution in [2.75, 3.05) is 20.6 Å². The zero-order chi connectivity index (χ0) is 12.1. The van der Waals surface area contributed by atoms with Crippen molar-refractivity contribution in [2.45, 2.75) is 11.4 Å². The summed E-state index contributed by atoms with van der Waals surface area (Å²) in [5.74, 6) is -0.227. The molecule has 0 fully saturated rings. The summed E-state index contributed by atoms with van der Waals surface area (Å²) < 4.78 is 0. The summed E-state index contributed by atoms with van der Waals surface area (Å²) in [6.07, 6.45) is -0.954. The van der Waals surface area contributed by atoms with Gasteiger partial charge in [-0.1, -0.05) is 40.2 Å². The molecular formula is C12H16BrNO2. The number of benzene rings is 1. The van der Waals surface area contributed by atoms with Gasteiger partial charge in [-0.2, -0.15) is 0 Å².